The van der Waals surface area contributed by atoms with E-state index in [-0.39, 0.29) is 5.91 Å². The van der Waals surface area contributed by atoms with E-state index in [9.17, 15) is 4.79 Å². The van der Waals surface area contributed by atoms with Crippen LogP contribution in [0.25, 0.3) is 6.08 Å². The van der Waals surface area contributed by atoms with Gasteiger partial charge in [0.15, 0.2) is 0 Å². The van der Waals surface area contributed by atoms with E-state index in [1.807, 2.05) is 50.2 Å². The molecule has 20 heavy (non-hydrogen) atoms. The van der Waals surface area contributed by atoms with E-state index in [1.165, 1.54) is 0 Å². The summed E-state index contributed by atoms with van der Waals surface area (Å²) in [7, 11) is 0. The molecule has 3 heteroatoms. The number of anilines is 1. The first-order chi connectivity index (χ1) is 9.52. The summed E-state index contributed by atoms with van der Waals surface area (Å²) in [6.07, 6.45) is 3.34. The second-order valence-corrected chi connectivity index (χ2v) is 5.67. The molecule has 0 bridgehead atoms. The highest BCUT2D eigenvalue weighted by Crippen LogP contribution is 2.14. The zero-order valence-corrected chi connectivity index (χ0v) is 13.1. The Bertz CT molecular complexity index is 624. The monoisotopic (exact) mass is 329 g/mol. The standard InChI is InChI=1S/C17H16BrNO/c1-12-9-13(2)11-16(10-12)19-17(20)8-5-14-3-6-15(18)7-4-14/h3-11H,1-2H3,(H,19,20). The maximum atomic E-state index is 11.9. The zero-order chi connectivity index (χ0) is 14.5. The second-order valence-electron chi connectivity index (χ2n) is 4.75. The molecular weight excluding hydrogens is 314 g/mol. The molecule has 2 rings (SSSR count). The Hall–Kier alpha value is -1.87. The van der Waals surface area contributed by atoms with Gasteiger partial charge in [-0.1, -0.05) is 34.1 Å². The number of aryl methyl sites for hydroxylation is 2. The lowest BCUT2D eigenvalue weighted by molar-refractivity contribution is -0.111. The number of benzene rings is 2. The third kappa shape index (κ3) is 4.35. The number of hydrogen-bond donors (Lipinski definition) is 1. The summed E-state index contributed by atoms with van der Waals surface area (Å²) < 4.78 is 1.02. The van der Waals surface area contributed by atoms with Gasteiger partial charge >= 0.3 is 0 Å². The van der Waals surface area contributed by atoms with Crippen LogP contribution in [0.1, 0.15) is 16.7 Å². The van der Waals surface area contributed by atoms with Gasteiger partial charge in [-0.2, -0.15) is 0 Å². The lowest BCUT2D eigenvalue weighted by Gasteiger charge is -2.05. The van der Waals surface area contributed by atoms with Gasteiger partial charge in [0.25, 0.3) is 0 Å². The zero-order valence-electron chi connectivity index (χ0n) is 11.5. The molecule has 0 atom stereocenters. The predicted octanol–water partition coefficient (Wildman–Crippen LogP) is 4.72. The third-order valence-electron chi connectivity index (χ3n) is 2.79. The van der Waals surface area contributed by atoms with Crippen molar-refractivity contribution in [3.63, 3.8) is 0 Å². The Morgan fingerprint density at radius 2 is 1.65 bits per heavy atom. The number of hydrogen-bond acceptors (Lipinski definition) is 1. The fourth-order valence-corrected chi connectivity index (χ4v) is 2.24. The number of carbonyl (C=O) groups excluding carboxylic acids is 1. The molecule has 0 aromatic heterocycles. The highest BCUT2D eigenvalue weighted by Gasteiger charge is 1.99. The molecule has 0 heterocycles. The molecule has 0 fully saturated rings. The van der Waals surface area contributed by atoms with Crippen molar-refractivity contribution in [1.82, 2.24) is 0 Å². The molecule has 0 unspecified atom stereocenters. The van der Waals surface area contributed by atoms with Crippen molar-refractivity contribution in [2.24, 2.45) is 0 Å². The highest BCUT2D eigenvalue weighted by molar-refractivity contribution is 9.10. The van der Waals surface area contributed by atoms with E-state index < -0.39 is 0 Å². The van der Waals surface area contributed by atoms with Gasteiger partial charge in [0.1, 0.15) is 0 Å². The van der Waals surface area contributed by atoms with Crippen molar-refractivity contribution in [1.29, 1.82) is 0 Å². The summed E-state index contributed by atoms with van der Waals surface area (Å²) in [5.74, 6) is -0.127. The number of halogens is 1. The summed E-state index contributed by atoms with van der Waals surface area (Å²) in [5, 5.41) is 2.87. The molecule has 0 aliphatic rings. The average Bonchev–Trinajstić information content (AvgIpc) is 2.37. The van der Waals surface area contributed by atoms with E-state index in [0.717, 1.165) is 26.9 Å². The first-order valence-electron chi connectivity index (χ1n) is 6.36. The van der Waals surface area contributed by atoms with E-state index in [4.69, 9.17) is 0 Å². The van der Waals surface area contributed by atoms with Gasteiger partial charge in [0, 0.05) is 16.2 Å². The lowest BCUT2D eigenvalue weighted by Crippen LogP contribution is -2.08. The summed E-state index contributed by atoms with van der Waals surface area (Å²) in [5.41, 5.74) is 4.09. The fraction of sp³-hybridized carbons (Fsp3) is 0.118. The fourth-order valence-electron chi connectivity index (χ4n) is 1.98. The van der Waals surface area contributed by atoms with Crippen molar-refractivity contribution in [3.8, 4) is 0 Å². The number of carbonyl (C=O) groups is 1. The van der Waals surface area contributed by atoms with Gasteiger partial charge in [0.05, 0.1) is 0 Å². The summed E-state index contributed by atoms with van der Waals surface area (Å²) in [6, 6.07) is 13.8. The maximum absolute atomic E-state index is 11.9. The van der Waals surface area contributed by atoms with E-state index in [1.54, 1.807) is 12.2 Å². The molecule has 102 valence electrons. The number of nitrogens with one attached hydrogen (secondary N) is 1. The van der Waals surface area contributed by atoms with E-state index in [2.05, 4.69) is 27.3 Å². The number of rotatable bonds is 3. The Labute approximate surface area is 127 Å². The summed E-state index contributed by atoms with van der Waals surface area (Å²) in [6.45, 7) is 4.03. The van der Waals surface area contributed by atoms with E-state index in [0.29, 0.717) is 0 Å². The Balaban J connectivity index is 2.03. The molecule has 0 spiro atoms. The second kappa shape index (κ2) is 6.53. The van der Waals surface area contributed by atoms with Crippen LogP contribution in [0.5, 0.6) is 0 Å². The first kappa shape index (κ1) is 14.5. The van der Waals surface area contributed by atoms with Crippen LogP contribution < -0.4 is 5.32 Å². The summed E-state index contributed by atoms with van der Waals surface area (Å²) >= 11 is 3.38. The Morgan fingerprint density at radius 1 is 1.05 bits per heavy atom. The molecule has 0 aliphatic heterocycles. The van der Waals surface area contributed by atoms with Crippen molar-refractivity contribution < 1.29 is 4.79 Å². The van der Waals surface area contributed by atoms with Crippen LogP contribution in [0.4, 0.5) is 5.69 Å². The van der Waals surface area contributed by atoms with Crippen molar-refractivity contribution >= 4 is 33.6 Å². The minimum atomic E-state index is -0.127. The molecular formula is C17H16BrNO. The minimum Gasteiger partial charge on any atom is -0.322 e. The molecule has 2 aromatic rings. The molecule has 1 amide bonds. The van der Waals surface area contributed by atoms with Gasteiger partial charge in [-0.15, -0.1) is 0 Å². The van der Waals surface area contributed by atoms with Crippen molar-refractivity contribution in [2.45, 2.75) is 13.8 Å². The average molecular weight is 330 g/mol. The summed E-state index contributed by atoms with van der Waals surface area (Å²) in [4.78, 5) is 11.9. The maximum Gasteiger partial charge on any atom is 0.248 e. The van der Waals surface area contributed by atoms with Crippen LogP contribution in [-0.4, -0.2) is 5.91 Å². The van der Waals surface area contributed by atoms with Crippen molar-refractivity contribution in [2.75, 3.05) is 5.32 Å². The van der Waals surface area contributed by atoms with Crippen LogP contribution in [0, 0.1) is 13.8 Å². The quantitative estimate of drug-likeness (QED) is 0.811. The van der Waals surface area contributed by atoms with Gasteiger partial charge in [-0.3, -0.25) is 4.79 Å². The van der Waals surface area contributed by atoms with Gasteiger partial charge in [0.2, 0.25) is 5.91 Å². The molecule has 2 nitrogen and oxygen atoms in total. The Morgan fingerprint density at radius 3 is 2.25 bits per heavy atom. The van der Waals surface area contributed by atoms with Crippen LogP contribution >= 0.6 is 15.9 Å². The number of amides is 1. The van der Waals surface area contributed by atoms with Crippen LogP contribution in [0.2, 0.25) is 0 Å². The highest BCUT2D eigenvalue weighted by atomic mass is 79.9. The van der Waals surface area contributed by atoms with Crippen LogP contribution in [0.15, 0.2) is 53.0 Å². The molecule has 0 aliphatic carbocycles. The molecule has 0 saturated carbocycles. The first-order valence-corrected chi connectivity index (χ1v) is 7.15. The molecule has 0 saturated heterocycles. The van der Waals surface area contributed by atoms with Crippen molar-refractivity contribution in [3.05, 3.63) is 69.7 Å². The topological polar surface area (TPSA) is 29.1 Å². The molecule has 2 aromatic carbocycles. The van der Waals surface area contributed by atoms with Crippen LogP contribution in [-0.2, 0) is 4.79 Å². The third-order valence-corrected chi connectivity index (χ3v) is 3.32. The SMILES string of the molecule is Cc1cc(C)cc(NC(=O)C=Cc2ccc(Br)cc2)c1. The predicted molar refractivity (Wildman–Crippen MR) is 87.7 cm³/mol. The molecule has 0 radical (unpaired) electrons. The van der Waals surface area contributed by atoms with E-state index >= 15 is 0 Å². The van der Waals surface area contributed by atoms with Gasteiger partial charge < -0.3 is 5.32 Å². The molecule has 1 N–H and O–H groups in total. The smallest absolute Gasteiger partial charge is 0.248 e. The van der Waals surface area contributed by atoms with Gasteiger partial charge in [-0.25, -0.2) is 0 Å². The lowest BCUT2D eigenvalue weighted by atomic mass is 10.1. The van der Waals surface area contributed by atoms with Crippen LogP contribution in [0.3, 0.4) is 0 Å². The minimum absolute atomic E-state index is 0.127. The van der Waals surface area contributed by atoms with Gasteiger partial charge in [-0.05, 0) is 60.9 Å². The normalized spacial score (nSPS) is 10.8. The largest absolute Gasteiger partial charge is 0.322 e. The Kier molecular flexibility index (Phi) is 4.74.